The summed E-state index contributed by atoms with van der Waals surface area (Å²) in [4.78, 5) is 24.8. The molecule has 0 aromatic heterocycles. The van der Waals surface area contributed by atoms with E-state index in [1.165, 1.54) is 18.2 Å². The van der Waals surface area contributed by atoms with Crippen LogP contribution in [0.25, 0.3) is 0 Å². The third-order valence-corrected chi connectivity index (χ3v) is 7.54. The van der Waals surface area contributed by atoms with Gasteiger partial charge in [0, 0.05) is 0 Å². The summed E-state index contributed by atoms with van der Waals surface area (Å²) in [6.45, 7) is 8.30. The van der Waals surface area contributed by atoms with Crippen LogP contribution in [0.5, 0.6) is 0 Å². The summed E-state index contributed by atoms with van der Waals surface area (Å²) in [7, 11) is 0. The molecule has 0 heterocycles. The van der Waals surface area contributed by atoms with E-state index in [0.29, 0.717) is 25.7 Å². The van der Waals surface area contributed by atoms with Crippen LogP contribution < -0.4 is 0 Å². The number of unbranched alkanes of at least 4 members (excludes halogenated alkanes) is 7. The fourth-order valence-corrected chi connectivity index (χ4v) is 6.03. The molecular weight excluding hydrogens is 372 g/mol. The topological polar surface area (TPSA) is 74.6 Å². The van der Waals surface area contributed by atoms with E-state index in [1.807, 2.05) is 13.8 Å². The summed E-state index contributed by atoms with van der Waals surface area (Å²) >= 11 is 1.27. The number of thioether (sulfide) groups is 1. The molecule has 0 aliphatic heterocycles. The van der Waals surface area contributed by atoms with Gasteiger partial charge < -0.3 is 10.2 Å². The van der Waals surface area contributed by atoms with Crippen molar-refractivity contribution in [2.45, 2.75) is 134 Å². The first-order valence-electron chi connectivity index (χ1n) is 11.5. The molecule has 0 saturated carbocycles. The molecule has 0 fully saturated rings. The van der Waals surface area contributed by atoms with Crippen molar-refractivity contribution in [1.82, 2.24) is 0 Å². The highest BCUT2D eigenvalue weighted by Gasteiger charge is 2.49. The zero-order chi connectivity index (χ0) is 21.5. The Kier molecular flexibility index (Phi) is 14.8. The molecule has 2 atom stereocenters. The molecule has 0 saturated heterocycles. The van der Waals surface area contributed by atoms with Crippen molar-refractivity contribution >= 4 is 23.7 Å². The minimum absolute atomic E-state index is 0.535. The molecule has 2 unspecified atom stereocenters. The van der Waals surface area contributed by atoms with Crippen molar-refractivity contribution in [3.63, 3.8) is 0 Å². The van der Waals surface area contributed by atoms with Crippen LogP contribution in [0.4, 0.5) is 0 Å². The van der Waals surface area contributed by atoms with E-state index in [1.54, 1.807) is 0 Å². The van der Waals surface area contributed by atoms with Crippen LogP contribution >= 0.6 is 11.8 Å². The fraction of sp³-hybridized carbons (Fsp3) is 0.913. The van der Waals surface area contributed by atoms with Crippen LogP contribution in [0.2, 0.25) is 0 Å². The molecule has 0 rings (SSSR count). The SMILES string of the molecule is CCCCCCCC(CCC)(SC(CCC)(CCCCCC)C(=O)O)C(=O)O. The minimum Gasteiger partial charge on any atom is -0.480 e. The Morgan fingerprint density at radius 3 is 1.25 bits per heavy atom. The molecule has 0 bridgehead atoms. The predicted molar refractivity (Wildman–Crippen MR) is 120 cm³/mol. The molecular formula is C23H44O4S. The van der Waals surface area contributed by atoms with Gasteiger partial charge in [-0.15, -0.1) is 11.8 Å². The summed E-state index contributed by atoms with van der Waals surface area (Å²) in [5.74, 6) is -1.66. The standard InChI is InChI=1S/C23H44O4S/c1-5-9-11-13-15-19-23(17-8-4,21(26)27)28-22(16-7-3,20(24)25)18-14-12-10-6-2/h5-19H2,1-4H3,(H,24,25)(H,26,27). The smallest absolute Gasteiger partial charge is 0.319 e. The van der Waals surface area contributed by atoms with Crippen molar-refractivity contribution in [2.24, 2.45) is 0 Å². The van der Waals surface area contributed by atoms with E-state index < -0.39 is 21.4 Å². The van der Waals surface area contributed by atoms with Crippen molar-refractivity contribution in [3.05, 3.63) is 0 Å². The number of carboxylic acid groups (broad SMARTS) is 2. The first kappa shape index (κ1) is 27.3. The Labute approximate surface area is 177 Å². The van der Waals surface area contributed by atoms with Gasteiger partial charge in [0.1, 0.15) is 9.49 Å². The monoisotopic (exact) mass is 416 g/mol. The molecule has 2 N–H and O–H groups in total. The molecule has 0 aliphatic carbocycles. The summed E-state index contributed by atoms with van der Waals surface area (Å²) in [6.07, 6.45) is 13.1. The van der Waals surface area contributed by atoms with Gasteiger partial charge in [0.15, 0.2) is 0 Å². The summed E-state index contributed by atoms with van der Waals surface area (Å²) < 4.78 is -1.97. The Bertz CT molecular complexity index is 440. The zero-order valence-electron chi connectivity index (χ0n) is 18.7. The Morgan fingerprint density at radius 1 is 0.571 bits per heavy atom. The molecule has 28 heavy (non-hydrogen) atoms. The molecule has 0 amide bonds. The maximum Gasteiger partial charge on any atom is 0.319 e. The van der Waals surface area contributed by atoms with Crippen LogP contribution in [0, 0.1) is 0 Å². The summed E-state index contributed by atoms with van der Waals surface area (Å²) in [6, 6.07) is 0. The van der Waals surface area contributed by atoms with Gasteiger partial charge in [0.05, 0.1) is 0 Å². The van der Waals surface area contributed by atoms with Gasteiger partial charge in [-0.1, -0.05) is 98.3 Å². The van der Waals surface area contributed by atoms with Crippen molar-refractivity contribution in [3.8, 4) is 0 Å². The van der Waals surface area contributed by atoms with Crippen LogP contribution in [-0.2, 0) is 9.59 Å². The number of rotatable bonds is 19. The average Bonchev–Trinajstić information content (AvgIpc) is 2.64. The first-order chi connectivity index (χ1) is 13.3. The molecule has 166 valence electrons. The molecule has 5 heteroatoms. The predicted octanol–water partition coefficient (Wildman–Crippen LogP) is 7.30. The quantitative estimate of drug-likeness (QED) is 0.216. The number of aliphatic carboxylic acids is 2. The van der Waals surface area contributed by atoms with Gasteiger partial charge in [-0.25, -0.2) is 0 Å². The fourth-order valence-electron chi connectivity index (χ4n) is 4.00. The highest BCUT2D eigenvalue weighted by molar-refractivity contribution is 8.03. The molecule has 4 nitrogen and oxygen atoms in total. The van der Waals surface area contributed by atoms with Crippen LogP contribution in [0.3, 0.4) is 0 Å². The largest absolute Gasteiger partial charge is 0.480 e. The normalized spacial score (nSPS) is 15.7. The van der Waals surface area contributed by atoms with Gasteiger partial charge in [-0.2, -0.15) is 0 Å². The van der Waals surface area contributed by atoms with Gasteiger partial charge in [0.2, 0.25) is 0 Å². The third kappa shape index (κ3) is 9.19. The number of carbonyl (C=O) groups is 2. The Hall–Kier alpha value is -0.710. The lowest BCUT2D eigenvalue weighted by molar-refractivity contribution is -0.140. The van der Waals surface area contributed by atoms with E-state index in [2.05, 4.69) is 13.8 Å². The highest BCUT2D eigenvalue weighted by atomic mass is 32.2. The molecule has 0 spiro atoms. The lowest BCUT2D eigenvalue weighted by atomic mass is 9.94. The lowest BCUT2D eigenvalue weighted by Gasteiger charge is -2.39. The van der Waals surface area contributed by atoms with Crippen LogP contribution in [0.1, 0.15) is 124 Å². The maximum atomic E-state index is 12.4. The molecule has 0 aliphatic rings. The highest BCUT2D eigenvalue weighted by Crippen LogP contribution is 2.48. The van der Waals surface area contributed by atoms with Gasteiger partial charge in [-0.05, 0) is 25.7 Å². The van der Waals surface area contributed by atoms with Crippen LogP contribution in [-0.4, -0.2) is 31.6 Å². The van der Waals surface area contributed by atoms with E-state index in [9.17, 15) is 19.8 Å². The van der Waals surface area contributed by atoms with E-state index >= 15 is 0 Å². The third-order valence-electron chi connectivity index (χ3n) is 5.60. The summed E-state index contributed by atoms with van der Waals surface area (Å²) in [5, 5.41) is 20.3. The molecule has 0 radical (unpaired) electrons. The molecule has 0 aromatic rings. The van der Waals surface area contributed by atoms with E-state index in [4.69, 9.17) is 0 Å². The number of hydrogen-bond donors (Lipinski definition) is 2. The zero-order valence-corrected chi connectivity index (χ0v) is 19.5. The van der Waals surface area contributed by atoms with E-state index in [-0.39, 0.29) is 0 Å². The second kappa shape index (κ2) is 15.2. The Balaban J connectivity index is 5.51. The second-order valence-electron chi connectivity index (χ2n) is 8.18. The van der Waals surface area contributed by atoms with Gasteiger partial charge in [-0.3, -0.25) is 9.59 Å². The van der Waals surface area contributed by atoms with Crippen molar-refractivity contribution < 1.29 is 19.8 Å². The minimum atomic E-state index is -0.987. The van der Waals surface area contributed by atoms with Crippen molar-refractivity contribution in [1.29, 1.82) is 0 Å². The summed E-state index contributed by atoms with van der Waals surface area (Å²) in [5.41, 5.74) is 0. The average molecular weight is 417 g/mol. The number of carboxylic acids is 2. The van der Waals surface area contributed by atoms with E-state index in [0.717, 1.165) is 64.2 Å². The first-order valence-corrected chi connectivity index (χ1v) is 12.3. The van der Waals surface area contributed by atoms with Crippen molar-refractivity contribution in [2.75, 3.05) is 0 Å². The number of hydrogen-bond acceptors (Lipinski definition) is 3. The molecule has 0 aromatic carbocycles. The second-order valence-corrected chi connectivity index (χ2v) is 9.94. The maximum absolute atomic E-state index is 12.4. The van der Waals surface area contributed by atoms with Gasteiger partial charge in [0.25, 0.3) is 0 Å². The van der Waals surface area contributed by atoms with Gasteiger partial charge >= 0.3 is 11.9 Å². The Morgan fingerprint density at radius 2 is 0.929 bits per heavy atom. The van der Waals surface area contributed by atoms with Crippen LogP contribution in [0.15, 0.2) is 0 Å². The lowest BCUT2D eigenvalue weighted by Crippen LogP contribution is -2.45.